The van der Waals surface area contributed by atoms with E-state index in [2.05, 4.69) is 5.10 Å². The number of carbonyl (C=O) groups is 1. The highest BCUT2D eigenvalue weighted by Gasteiger charge is 2.07. The zero-order valence-corrected chi connectivity index (χ0v) is 13.3. The zero-order chi connectivity index (χ0) is 16.9. The molecule has 3 rings (SSSR count). The second-order valence-corrected chi connectivity index (χ2v) is 5.51. The maximum Gasteiger partial charge on any atom is 0.307 e. The van der Waals surface area contributed by atoms with Crippen LogP contribution in [-0.4, -0.2) is 28.0 Å². The van der Waals surface area contributed by atoms with Crippen LogP contribution < -0.4 is 4.74 Å². The Morgan fingerprint density at radius 1 is 1.17 bits per heavy atom. The monoisotopic (exact) mass is 322 g/mol. The van der Waals surface area contributed by atoms with Gasteiger partial charge >= 0.3 is 5.97 Å². The van der Waals surface area contributed by atoms with Crippen LogP contribution in [0.5, 0.6) is 5.75 Å². The van der Waals surface area contributed by atoms with Gasteiger partial charge < -0.3 is 9.84 Å². The molecule has 1 N–H and O–H groups in total. The molecule has 0 saturated carbocycles. The fraction of sp³-hybridized carbons (Fsp3) is 0.158. The van der Waals surface area contributed by atoms with E-state index in [-0.39, 0.29) is 6.42 Å². The summed E-state index contributed by atoms with van der Waals surface area (Å²) in [6.07, 6.45) is 3.75. The smallest absolute Gasteiger partial charge is 0.307 e. The summed E-state index contributed by atoms with van der Waals surface area (Å²) in [6.45, 7) is 0.610. The van der Waals surface area contributed by atoms with Gasteiger partial charge in [0, 0.05) is 17.3 Å². The van der Waals surface area contributed by atoms with E-state index in [1.54, 1.807) is 13.3 Å². The first-order valence-corrected chi connectivity index (χ1v) is 7.61. The second-order valence-electron chi connectivity index (χ2n) is 5.51. The molecule has 0 radical (unpaired) electrons. The van der Waals surface area contributed by atoms with Crippen LogP contribution >= 0.6 is 0 Å². The van der Waals surface area contributed by atoms with Crippen LogP contribution in [0.1, 0.15) is 11.1 Å². The van der Waals surface area contributed by atoms with Gasteiger partial charge in [0.15, 0.2) is 0 Å². The van der Waals surface area contributed by atoms with Crippen molar-refractivity contribution in [2.45, 2.75) is 13.0 Å². The number of rotatable bonds is 6. The average molecular weight is 322 g/mol. The third kappa shape index (κ3) is 3.63. The van der Waals surface area contributed by atoms with E-state index in [9.17, 15) is 4.79 Å². The number of aromatic nitrogens is 2. The first kappa shape index (κ1) is 15.8. The zero-order valence-electron chi connectivity index (χ0n) is 13.3. The SMILES string of the molecule is COc1ccccc1Cn1cc(-c2cccc(CC(=O)O)c2)cn1. The number of carboxylic acid groups (broad SMARTS) is 1. The van der Waals surface area contributed by atoms with Crippen molar-refractivity contribution >= 4 is 5.97 Å². The quantitative estimate of drug-likeness (QED) is 0.757. The Balaban J connectivity index is 1.82. The number of nitrogens with zero attached hydrogens (tertiary/aromatic N) is 2. The molecule has 1 aromatic heterocycles. The molecule has 3 aromatic rings. The highest BCUT2D eigenvalue weighted by atomic mass is 16.5. The molecule has 0 atom stereocenters. The van der Waals surface area contributed by atoms with Crippen LogP contribution in [-0.2, 0) is 17.8 Å². The summed E-state index contributed by atoms with van der Waals surface area (Å²) >= 11 is 0. The molecule has 0 bridgehead atoms. The molecule has 24 heavy (non-hydrogen) atoms. The summed E-state index contributed by atoms with van der Waals surface area (Å²) in [7, 11) is 1.65. The Bertz CT molecular complexity index is 855. The molecule has 0 spiro atoms. The Labute approximate surface area is 140 Å². The largest absolute Gasteiger partial charge is 0.496 e. The summed E-state index contributed by atoms with van der Waals surface area (Å²) in [5.41, 5.74) is 3.74. The normalized spacial score (nSPS) is 10.5. The third-order valence-corrected chi connectivity index (χ3v) is 3.77. The number of methoxy groups -OCH3 is 1. The number of ether oxygens (including phenoxy) is 1. The van der Waals surface area contributed by atoms with Gasteiger partial charge in [-0.05, 0) is 17.2 Å². The van der Waals surface area contributed by atoms with E-state index in [0.29, 0.717) is 6.54 Å². The molecule has 0 unspecified atom stereocenters. The number of hydrogen-bond acceptors (Lipinski definition) is 3. The number of benzene rings is 2. The van der Waals surface area contributed by atoms with Crippen molar-refractivity contribution in [1.29, 1.82) is 0 Å². The van der Waals surface area contributed by atoms with Gasteiger partial charge in [0.05, 0.1) is 26.3 Å². The number of aliphatic carboxylic acids is 1. The van der Waals surface area contributed by atoms with Crippen LogP contribution in [0, 0.1) is 0 Å². The molecular formula is C19H18N2O3. The minimum Gasteiger partial charge on any atom is -0.496 e. The van der Waals surface area contributed by atoms with E-state index in [1.165, 1.54) is 0 Å². The molecule has 0 aliphatic rings. The van der Waals surface area contributed by atoms with Gasteiger partial charge in [-0.15, -0.1) is 0 Å². The minimum atomic E-state index is -0.834. The maximum atomic E-state index is 10.9. The third-order valence-electron chi connectivity index (χ3n) is 3.77. The molecule has 122 valence electrons. The molecule has 0 saturated heterocycles. The molecule has 5 heteroatoms. The molecule has 0 fully saturated rings. The van der Waals surface area contributed by atoms with Crippen molar-refractivity contribution in [3.8, 4) is 16.9 Å². The van der Waals surface area contributed by atoms with Crippen molar-refractivity contribution in [2.24, 2.45) is 0 Å². The van der Waals surface area contributed by atoms with Crippen LogP contribution in [0.3, 0.4) is 0 Å². The summed E-state index contributed by atoms with van der Waals surface area (Å²) in [5, 5.41) is 13.3. The van der Waals surface area contributed by atoms with E-state index >= 15 is 0 Å². The van der Waals surface area contributed by atoms with Crippen molar-refractivity contribution < 1.29 is 14.6 Å². The molecule has 2 aromatic carbocycles. The predicted molar refractivity (Wildman–Crippen MR) is 91.1 cm³/mol. The number of hydrogen-bond donors (Lipinski definition) is 1. The van der Waals surface area contributed by atoms with Crippen molar-refractivity contribution in [3.05, 3.63) is 72.1 Å². The highest BCUT2D eigenvalue weighted by Crippen LogP contribution is 2.22. The lowest BCUT2D eigenvalue weighted by Crippen LogP contribution is -2.01. The fourth-order valence-corrected chi connectivity index (χ4v) is 2.64. The Morgan fingerprint density at radius 3 is 2.79 bits per heavy atom. The second kappa shape index (κ2) is 7.00. The number of carboxylic acids is 1. The Kier molecular flexibility index (Phi) is 4.61. The summed E-state index contributed by atoms with van der Waals surface area (Å²) in [5.74, 6) is -0.00276. The van der Waals surface area contributed by atoms with Crippen LogP contribution in [0.25, 0.3) is 11.1 Å². The molecule has 5 nitrogen and oxygen atoms in total. The van der Waals surface area contributed by atoms with Crippen LogP contribution in [0.4, 0.5) is 0 Å². The standard InChI is InChI=1S/C19H18N2O3/c1-24-18-8-3-2-6-16(18)12-21-13-17(11-20-21)15-7-4-5-14(9-15)10-19(22)23/h2-9,11,13H,10,12H2,1H3,(H,22,23). The Hall–Kier alpha value is -3.08. The topological polar surface area (TPSA) is 64.3 Å². The molecule has 0 aliphatic carbocycles. The summed E-state index contributed by atoms with van der Waals surface area (Å²) in [4.78, 5) is 10.9. The van der Waals surface area contributed by atoms with E-state index in [4.69, 9.17) is 9.84 Å². The molecule has 1 heterocycles. The van der Waals surface area contributed by atoms with Gasteiger partial charge in [-0.2, -0.15) is 5.10 Å². The van der Waals surface area contributed by atoms with Crippen molar-refractivity contribution in [2.75, 3.05) is 7.11 Å². The first-order valence-electron chi connectivity index (χ1n) is 7.61. The van der Waals surface area contributed by atoms with E-state index in [0.717, 1.165) is 28.0 Å². The number of para-hydroxylation sites is 1. The minimum absolute atomic E-state index is 0.0171. The lowest BCUT2D eigenvalue weighted by Gasteiger charge is -2.07. The van der Waals surface area contributed by atoms with Crippen LogP contribution in [0.15, 0.2) is 60.9 Å². The van der Waals surface area contributed by atoms with Gasteiger partial charge in [-0.1, -0.05) is 42.5 Å². The molecule has 0 aliphatic heterocycles. The fourth-order valence-electron chi connectivity index (χ4n) is 2.64. The van der Waals surface area contributed by atoms with Gasteiger partial charge in [0.25, 0.3) is 0 Å². The maximum absolute atomic E-state index is 10.9. The van der Waals surface area contributed by atoms with E-state index < -0.39 is 5.97 Å². The highest BCUT2D eigenvalue weighted by molar-refractivity contribution is 5.72. The van der Waals surface area contributed by atoms with Crippen molar-refractivity contribution in [1.82, 2.24) is 9.78 Å². The van der Waals surface area contributed by atoms with E-state index in [1.807, 2.05) is 59.4 Å². The lowest BCUT2D eigenvalue weighted by atomic mass is 10.0. The lowest BCUT2D eigenvalue weighted by molar-refractivity contribution is -0.136. The van der Waals surface area contributed by atoms with Crippen LogP contribution in [0.2, 0.25) is 0 Å². The van der Waals surface area contributed by atoms with Gasteiger partial charge in [-0.3, -0.25) is 9.48 Å². The molecular weight excluding hydrogens is 304 g/mol. The van der Waals surface area contributed by atoms with Gasteiger partial charge in [0.2, 0.25) is 0 Å². The predicted octanol–water partition coefficient (Wildman–Crippen LogP) is 3.23. The summed E-state index contributed by atoms with van der Waals surface area (Å²) < 4.78 is 7.21. The first-order chi connectivity index (χ1) is 11.7. The average Bonchev–Trinajstić information content (AvgIpc) is 3.03. The Morgan fingerprint density at radius 2 is 2.00 bits per heavy atom. The van der Waals surface area contributed by atoms with Gasteiger partial charge in [-0.25, -0.2) is 0 Å². The van der Waals surface area contributed by atoms with Crippen molar-refractivity contribution in [3.63, 3.8) is 0 Å². The molecule has 0 amide bonds. The summed E-state index contributed by atoms with van der Waals surface area (Å²) in [6, 6.07) is 15.4. The van der Waals surface area contributed by atoms with Gasteiger partial charge in [0.1, 0.15) is 5.75 Å².